The smallest absolute Gasteiger partial charge is 0.257 e. The number of benzene rings is 1. The molecule has 0 saturated heterocycles. The van der Waals surface area contributed by atoms with Gasteiger partial charge < -0.3 is 9.14 Å². The van der Waals surface area contributed by atoms with Crippen molar-refractivity contribution in [3.63, 3.8) is 0 Å². The van der Waals surface area contributed by atoms with Gasteiger partial charge in [-0.25, -0.2) is 9.97 Å². The molecule has 0 atom stereocenters. The SMILES string of the molecule is CC1(C)CC(=O)c2sc(NC(=O)c3cccc(OCc4cn5ccccc5n4)c3)nc2C1. The molecule has 1 aliphatic rings. The van der Waals surface area contributed by atoms with E-state index >= 15 is 0 Å². The van der Waals surface area contributed by atoms with Crippen LogP contribution in [0.4, 0.5) is 5.13 Å². The van der Waals surface area contributed by atoms with Crippen molar-refractivity contribution >= 4 is 33.8 Å². The van der Waals surface area contributed by atoms with Crippen LogP contribution in [-0.4, -0.2) is 26.1 Å². The van der Waals surface area contributed by atoms with Crippen LogP contribution in [-0.2, 0) is 13.0 Å². The number of ketones is 1. The second-order valence-electron chi connectivity index (χ2n) is 8.70. The van der Waals surface area contributed by atoms with E-state index in [-0.39, 0.29) is 17.1 Å². The van der Waals surface area contributed by atoms with Crippen LogP contribution in [0.25, 0.3) is 5.65 Å². The molecule has 4 aromatic rings. The van der Waals surface area contributed by atoms with E-state index in [2.05, 4.69) is 29.1 Å². The minimum absolute atomic E-state index is 0.0941. The van der Waals surface area contributed by atoms with E-state index < -0.39 is 0 Å². The van der Waals surface area contributed by atoms with Crippen molar-refractivity contribution in [1.82, 2.24) is 14.4 Å². The van der Waals surface area contributed by atoms with E-state index in [1.807, 2.05) is 35.0 Å². The van der Waals surface area contributed by atoms with Crippen molar-refractivity contribution < 1.29 is 14.3 Å². The Morgan fingerprint density at radius 3 is 2.91 bits per heavy atom. The van der Waals surface area contributed by atoms with Gasteiger partial charge in [0, 0.05) is 24.4 Å². The first kappa shape index (κ1) is 20.4. The quantitative estimate of drug-likeness (QED) is 0.477. The lowest BCUT2D eigenvalue weighted by Gasteiger charge is -2.26. The monoisotopic (exact) mass is 446 g/mol. The summed E-state index contributed by atoms with van der Waals surface area (Å²) in [7, 11) is 0. The number of nitrogens with one attached hydrogen (secondary N) is 1. The summed E-state index contributed by atoms with van der Waals surface area (Å²) in [6.07, 6.45) is 5.08. The van der Waals surface area contributed by atoms with E-state index in [9.17, 15) is 9.59 Å². The number of nitrogens with zero attached hydrogens (tertiary/aromatic N) is 3. The van der Waals surface area contributed by atoms with E-state index in [1.54, 1.807) is 24.3 Å². The molecule has 1 aliphatic carbocycles. The Bertz CT molecular complexity index is 1310. The Morgan fingerprint density at radius 2 is 2.06 bits per heavy atom. The Morgan fingerprint density at radius 1 is 1.19 bits per heavy atom. The zero-order valence-electron chi connectivity index (χ0n) is 17.8. The average molecular weight is 447 g/mol. The number of Topliss-reactive ketones (excluding diaryl/α,β-unsaturated/α-hetero) is 1. The maximum atomic E-state index is 12.8. The summed E-state index contributed by atoms with van der Waals surface area (Å²) in [6, 6.07) is 12.8. The van der Waals surface area contributed by atoms with Gasteiger partial charge in [-0.1, -0.05) is 37.3 Å². The van der Waals surface area contributed by atoms with Gasteiger partial charge in [-0.05, 0) is 42.2 Å². The lowest BCUT2D eigenvalue weighted by molar-refractivity contribution is 0.0915. The molecule has 32 heavy (non-hydrogen) atoms. The third-order valence-corrected chi connectivity index (χ3v) is 6.41. The predicted octanol–water partition coefficient (Wildman–Crippen LogP) is 4.78. The summed E-state index contributed by atoms with van der Waals surface area (Å²) in [5.41, 5.74) is 2.78. The maximum absolute atomic E-state index is 12.8. The Balaban J connectivity index is 1.27. The van der Waals surface area contributed by atoms with E-state index in [0.717, 1.165) is 23.5 Å². The summed E-state index contributed by atoms with van der Waals surface area (Å²) in [6.45, 7) is 4.41. The molecule has 1 N–H and O–H groups in total. The second kappa shape index (κ2) is 7.87. The average Bonchev–Trinajstić information content (AvgIpc) is 3.35. The fourth-order valence-electron chi connectivity index (χ4n) is 3.88. The lowest BCUT2D eigenvalue weighted by Crippen LogP contribution is -2.26. The van der Waals surface area contributed by atoms with Crippen LogP contribution in [0.5, 0.6) is 5.75 Å². The second-order valence-corrected chi connectivity index (χ2v) is 9.70. The molecule has 0 spiro atoms. The molecule has 0 aliphatic heterocycles. The van der Waals surface area contributed by atoms with E-state index in [1.165, 1.54) is 11.3 Å². The molecule has 3 aromatic heterocycles. The number of anilines is 1. The summed E-state index contributed by atoms with van der Waals surface area (Å²) in [5, 5.41) is 3.27. The van der Waals surface area contributed by atoms with Crippen molar-refractivity contribution in [3.05, 3.63) is 76.7 Å². The fraction of sp³-hybridized carbons (Fsp3) is 0.250. The molecule has 0 unspecified atom stereocenters. The minimum atomic E-state index is -0.291. The number of fused-ring (bicyclic) bond motifs is 2. The number of carbonyl (C=O) groups excluding carboxylic acids is 2. The molecule has 8 heteroatoms. The Labute approximate surface area is 189 Å². The topological polar surface area (TPSA) is 85.6 Å². The number of rotatable bonds is 5. The molecule has 1 amide bonds. The maximum Gasteiger partial charge on any atom is 0.257 e. The molecule has 1 aromatic carbocycles. The van der Waals surface area contributed by atoms with Crippen LogP contribution < -0.4 is 10.1 Å². The van der Waals surface area contributed by atoms with Gasteiger partial charge in [0.05, 0.1) is 16.3 Å². The highest BCUT2D eigenvalue weighted by Gasteiger charge is 2.34. The predicted molar refractivity (Wildman–Crippen MR) is 122 cm³/mol. The van der Waals surface area contributed by atoms with Crippen LogP contribution in [0, 0.1) is 5.41 Å². The number of imidazole rings is 1. The Kier molecular flexibility index (Phi) is 5.01. The summed E-state index contributed by atoms with van der Waals surface area (Å²) >= 11 is 1.25. The summed E-state index contributed by atoms with van der Waals surface area (Å²) in [5.74, 6) is 0.377. The van der Waals surface area contributed by atoms with Gasteiger partial charge in [-0.3, -0.25) is 14.9 Å². The number of hydrogen-bond donors (Lipinski definition) is 1. The number of amides is 1. The van der Waals surface area contributed by atoms with Crippen LogP contribution in [0.3, 0.4) is 0 Å². The van der Waals surface area contributed by atoms with Crippen LogP contribution >= 0.6 is 11.3 Å². The van der Waals surface area contributed by atoms with Gasteiger partial charge in [0.2, 0.25) is 0 Å². The number of ether oxygens (including phenoxy) is 1. The van der Waals surface area contributed by atoms with E-state index in [0.29, 0.717) is 34.3 Å². The molecule has 162 valence electrons. The van der Waals surface area contributed by atoms with Crippen LogP contribution in [0.2, 0.25) is 0 Å². The molecule has 0 saturated carbocycles. The van der Waals surface area contributed by atoms with Crippen molar-refractivity contribution in [2.75, 3.05) is 5.32 Å². The molecule has 0 bridgehead atoms. The zero-order valence-corrected chi connectivity index (χ0v) is 18.6. The first-order valence-corrected chi connectivity index (χ1v) is 11.2. The number of thiazole rings is 1. The van der Waals surface area contributed by atoms with Gasteiger partial charge in [-0.15, -0.1) is 0 Å². The van der Waals surface area contributed by atoms with Crippen molar-refractivity contribution in [2.45, 2.75) is 33.3 Å². The molecule has 0 radical (unpaired) electrons. The van der Waals surface area contributed by atoms with Crippen LogP contribution in [0.1, 0.15) is 51.7 Å². The number of aromatic nitrogens is 3. The summed E-state index contributed by atoms with van der Waals surface area (Å²) in [4.78, 5) is 34.9. The molecule has 7 nitrogen and oxygen atoms in total. The molecular weight excluding hydrogens is 424 g/mol. The number of hydrogen-bond acceptors (Lipinski definition) is 6. The number of carbonyl (C=O) groups is 2. The zero-order chi connectivity index (χ0) is 22.3. The molecule has 5 rings (SSSR count). The minimum Gasteiger partial charge on any atom is -0.487 e. The molecule has 0 fully saturated rings. The highest BCUT2D eigenvalue weighted by molar-refractivity contribution is 7.17. The highest BCUT2D eigenvalue weighted by Crippen LogP contribution is 2.38. The first-order valence-electron chi connectivity index (χ1n) is 10.4. The highest BCUT2D eigenvalue weighted by atomic mass is 32.1. The Hall–Kier alpha value is -3.52. The van der Waals surface area contributed by atoms with Crippen molar-refractivity contribution in [3.8, 4) is 5.75 Å². The summed E-state index contributed by atoms with van der Waals surface area (Å²) < 4.78 is 7.78. The van der Waals surface area contributed by atoms with Gasteiger partial charge in [0.25, 0.3) is 5.91 Å². The number of pyridine rings is 1. The standard InChI is InChI=1S/C24H22N4O3S/c1-24(2)11-18-21(19(29)12-24)32-23(26-18)27-22(30)15-6-5-7-17(10-15)31-14-16-13-28-9-4-3-8-20(28)25-16/h3-10,13H,11-12,14H2,1-2H3,(H,26,27,30). The van der Waals surface area contributed by atoms with E-state index in [4.69, 9.17) is 4.74 Å². The fourth-order valence-corrected chi connectivity index (χ4v) is 4.80. The molecular formula is C24H22N4O3S. The largest absolute Gasteiger partial charge is 0.487 e. The van der Waals surface area contributed by atoms with Gasteiger partial charge in [-0.2, -0.15) is 0 Å². The third kappa shape index (κ3) is 4.13. The van der Waals surface area contributed by atoms with Crippen molar-refractivity contribution in [1.29, 1.82) is 0 Å². The third-order valence-electron chi connectivity index (χ3n) is 5.35. The van der Waals surface area contributed by atoms with Gasteiger partial charge >= 0.3 is 0 Å². The van der Waals surface area contributed by atoms with Gasteiger partial charge in [0.15, 0.2) is 10.9 Å². The first-order chi connectivity index (χ1) is 15.4. The van der Waals surface area contributed by atoms with Crippen molar-refractivity contribution in [2.24, 2.45) is 5.41 Å². The molecule has 3 heterocycles. The lowest BCUT2D eigenvalue weighted by atomic mass is 9.78. The van der Waals surface area contributed by atoms with Crippen LogP contribution in [0.15, 0.2) is 54.9 Å². The van der Waals surface area contributed by atoms with Gasteiger partial charge in [0.1, 0.15) is 18.0 Å². The normalized spacial score (nSPS) is 14.9.